The molecule has 0 aromatic heterocycles. The molecule has 17 heavy (non-hydrogen) atoms. The van der Waals surface area contributed by atoms with Gasteiger partial charge in [-0.05, 0) is 12.1 Å². The van der Waals surface area contributed by atoms with Gasteiger partial charge in [-0.2, -0.15) is 0 Å². The smallest absolute Gasteiger partial charge is 0.268 e. The highest BCUT2D eigenvalue weighted by molar-refractivity contribution is 5.98. The van der Waals surface area contributed by atoms with E-state index in [0.29, 0.717) is 18.9 Å². The molecule has 0 spiro atoms. The zero-order valence-electron chi connectivity index (χ0n) is 9.31. The number of carbonyl (C=O) groups excluding carboxylic acids is 1. The summed E-state index contributed by atoms with van der Waals surface area (Å²) in [5.41, 5.74) is 0.720. The molecule has 0 saturated carbocycles. The fourth-order valence-corrected chi connectivity index (χ4v) is 2.09. The molecule has 0 aliphatic carbocycles. The summed E-state index contributed by atoms with van der Waals surface area (Å²) in [5, 5.41) is 6.03. The molecule has 0 bridgehead atoms. The van der Waals surface area contributed by atoms with Crippen molar-refractivity contribution in [2.45, 2.75) is 12.2 Å². The lowest BCUT2D eigenvalue weighted by Crippen LogP contribution is -2.53. The molecule has 1 aromatic carbocycles. The van der Waals surface area contributed by atoms with E-state index in [1.54, 1.807) is 0 Å². The topological polar surface area (TPSA) is 59.6 Å². The third-order valence-electron chi connectivity index (χ3n) is 2.95. The second-order valence-electron chi connectivity index (χ2n) is 4.14. The Balaban J connectivity index is 1.81. The minimum absolute atomic E-state index is 0.141. The molecule has 1 fully saturated rings. The Bertz CT molecular complexity index is 430. The summed E-state index contributed by atoms with van der Waals surface area (Å²) in [5.74, 6) is 0.559. The van der Waals surface area contributed by atoms with Gasteiger partial charge in [0.25, 0.3) is 5.91 Å². The summed E-state index contributed by atoms with van der Waals surface area (Å²) in [4.78, 5) is 11.9. The highest BCUT2D eigenvalue weighted by Gasteiger charge is 2.36. The van der Waals surface area contributed by atoms with Gasteiger partial charge < -0.3 is 20.1 Å². The van der Waals surface area contributed by atoms with Crippen LogP contribution >= 0.6 is 0 Å². The molecule has 5 nitrogen and oxygen atoms in total. The minimum Gasteiger partial charge on any atom is -0.476 e. The van der Waals surface area contributed by atoms with E-state index in [2.05, 4.69) is 10.6 Å². The first-order chi connectivity index (χ1) is 8.34. The van der Waals surface area contributed by atoms with Crippen molar-refractivity contribution in [1.29, 1.82) is 0 Å². The fraction of sp³-hybridized carbons (Fsp3) is 0.417. The molecule has 3 rings (SSSR count). The highest BCUT2D eigenvalue weighted by Crippen LogP contribution is 2.30. The van der Waals surface area contributed by atoms with Crippen molar-refractivity contribution >= 4 is 11.6 Å². The number of anilines is 1. The number of para-hydroxylation sites is 2. The lowest BCUT2D eigenvalue weighted by Gasteiger charge is -2.33. The summed E-state index contributed by atoms with van der Waals surface area (Å²) in [6.07, 6.45) is -0.796. The van der Waals surface area contributed by atoms with Gasteiger partial charge in [0.1, 0.15) is 11.9 Å². The SMILES string of the molecule is O=C1Nc2ccccc2OC1C1CNCCO1. The first-order valence-corrected chi connectivity index (χ1v) is 5.73. The second kappa shape index (κ2) is 4.35. The van der Waals surface area contributed by atoms with E-state index >= 15 is 0 Å². The van der Waals surface area contributed by atoms with Gasteiger partial charge in [0, 0.05) is 13.1 Å². The first-order valence-electron chi connectivity index (χ1n) is 5.73. The third-order valence-corrected chi connectivity index (χ3v) is 2.95. The van der Waals surface area contributed by atoms with E-state index in [1.165, 1.54) is 0 Å². The van der Waals surface area contributed by atoms with E-state index in [9.17, 15) is 4.79 Å². The highest BCUT2D eigenvalue weighted by atomic mass is 16.5. The van der Waals surface area contributed by atoms with Gasteiger partial charge in [-0.25, -0.2) is 0 Å². The number of nitrogens with one attached hydrogen (secondary N) is 2. The van der Waals surface area contributed by atoms with Crippen molar-refractivity contribution in [3.05, 3.63) is 24.3 Å². The maximum atomic E-state index is 11.9. The Labute approximate surface area is 99.1 Å². The van der Waals surface area contributed by atoms with Crippen molar-refractivity contribution in [2.75, 3.05) is 25.0 Å². The molecule has 1 saturated heterocycles. The van der Waals surface area contributed by atoms with Crippen molar-refractivity contribution < 1.29 is 14.3 Å². The van der Waals surface area contributed by atoms with E-state index in [4.69, 9.17) is 9.47 Å². The normalized spacial score (nSPS) is 27.9. The molecule has 90 valence electrons. The maximum absolute atomic E-state index is 11.9. The van der Waals surface area contributed by atoms with Crippen molar-refractivity contribution in [2.24, 2.45) is 0 Å². The maximum Gasteiger partial charge on any atom is 0.268 e. The first kappa shape index (κ1) is 10.6. The number of hydrogen-bond donors (Lipinski definition) is 2. The molecule has 2 aliphatic heterocycles. The van der Waals surface area contributed by atoms with Crippen LogP contribution in [0.25, 0.3) is 0 Å². The van der Waals surface area contributed by atoms with Gasteiger partial charge in [-0.1, -0.05) is 12.1 Å². The number of amides is 1. The Morgan fingerprint density at radius 3 is 3.00 bits per heavy atom. The number of carbonyl (C=O) groups is 1. The quantitative estimate of drug-likeness (QED) is 0.737. The number of rotatable bonds is 1. The monoisotopic (exact) mass is 234 g/mol. The molecule has 2 N–H and O–H groups in total. The molecule has 2 atom stereocenters. The van der Waals surface area contributed by atoms with Crippen LogP contribution in [0.1, 0.15) is 0 Å². The Hall–Kier alpha value is -1.59. The molecule has 2 aliphatic rings. The van der Waals surface area contributed by atoms with Crippen LogP contribution in [-0.2, 0) is 9.53 Å². The van der Waals surface area contributed by atoms with Gasteiger partial charge in [0.2, 0.25) is 6.10 Å². The van der Waals surface area contributed by atoms with Gasteiger partial charge in [-0.15, -0.1) is 0 Å². The van der Waals surface area contributed by atoms with Crippen LogP contribution in [0.5, 0.6) is 5.75 Å². The summed E-state index contributed by atoms with van der Waals surface area (Å²) < 4.78 is 11.3. The van der Waals surface area contributed by atoms with Crippen LogP contribution in [-0.4, -0.2) is 37.8 Å². The van der Waals surface area contributed by atoms with Crippen LogP contribution in [0.15, 0.2) is 24.3 Å². The van der Waals surface area contributed by atoms with E-state index in [-0.39, 0.29) is 12.0 Å². The minimum atomic E-state index is -0.572. The van der Waals surface area contributed by atoms with Crippen molar-refractivity contribution in [1.82, 2.24) is 5.32 Å². The number of morpholine rings is 1. The molecule has 2 heterocycles. The van der Waals surface area contributed by atoms with Crippen molar-refractivity contribution in [3.63, 3.8) is 0 Å². The molecular formula is C12H14N2O3. The molecule has 0 radical (unpaired) electrons. The average molecular weight is 234 g/mol. The van der Waals surface area contributed by atoms with E-state index in [1.807, 2.05) is 24.3 Å². The standard InChI is InChI=1S/C12H14N2O3/c15-12-11(10-7-13-5-6-16-10)17-9-4-2-1-3-8(9)14-12/h1-4,10-11,13H,5-7H2,(H,14,15). The van der Waals surface area contributed by atoms with Gasteiger partial charge in [-0.3, -0.25) is 4.79 Å². The van der Waals surface area contributed by atoms with Crippen molar-refractivity contribution in [3.8, 4) is 5.75 Å². The Kier molecular flexibility index (Phi) is 2.70. The van der Waals surface area contributed by atoms with E-state index < -0.39 is 6.10 Å². The van der Waals surface area contributed by atoms with Gasteiger partial charge in [0.05, 0.1) is 12.3 Å². The van der Waals surface area contributed by atoms with Gasteiger partial charge >= 0.3 is 0 Å². The summed E-state index contributed by atoms with van der Waals surface area (Å²) in [6, 6.07) is 7.41. The number of ether oxygens (including phenoxy) is 2. The average Bonchev–Trinajstić information content (AvgIpc) is 2.39. The van der Waals surface area contributed by atoms with Crippen LogP contribution in [0, 0.1) is 0 Å². The fourth-order valence-electron chi connectivity index (χ4n) is 2.09. The molecule has 2 unspecified atom stereocenters. The van der Waals surface area contributed by atoms with Crippen LogP contribution in [0.4, 0.5) is 5.69 Å². The number of benzene rings is 1. The predicted octanol–water partition coefficient (Wildman–Crippen LogP) is 0.374. The predicted molar refractivity (Wildman–Crippen MR) is 62.1 cm³/mol. The lowest BCUT2D eigenvalue weighted by molar-refractivity contribution is -0.132. The lowest BCUT2D eigenvalue weighted by atomic mass is 10.1. The molecule has 5 heteroatoms. The van der Waals surface area contributed by atoms with Crippen LogP contribution < -0.4 is 15.4 Å². The zero-order chi connectivity index (χ0) is 11.7. The summed E-state index contributed by atoms with van der Waals surface area (Å²) in [7, 11) is 0. The van der Waals surface area contributed by atoms with Gasteiger partial charge in [0.15, 0.2) is 0 Å². The van der Waals surface area contributed by atoms with E-state index in [0.717, 1.165) is 12.2 Å². The Morgan fingerprint density at radius 1 is 1.29 bits per heavy atom. The third kappa shape index (κ3) is 1.99. The largest absolute Gasteiger partial charge is 0.476 e. The molecule has 1 aromatic rings. The molecular weight excluding hydrogens is 220 g/mol. The zero-order valence-corrected chi connectivity index (χ0v) is 9.31. The second-order valence-corrected chi connectivity index (χ2v) is 4.14. The van der Waals surface area contributed by atoms with Crippen LogP contribution in [0.3, 0.4) is 0 Å². The van der Waals surface area contributed by atoms with Crippen LogP contribution in [0.2, 0.25) is 0 Å². The summed E-state index contributed by atoms with van der Waals surface area (Å²) in [6.45, 7) is 2.07. The Morgan fingerprint density at radius 2 is 2.18 bits per heavy atom. The molecule has 1 amide bonds. The number of hydrogen-bond acceptors (Lipinski definition) is 4. The number of fused-ring (bicyclic) bond motifs is 1. The summed E-state index contributed by atoms with van der Waals surface area (Å²) >= 11 is 0.